The normalized spacial score (nSPS) is 9.96. The number of tetrazole rings is 1. The summed E-state index contributed by atoms with van der Waals surface area (Å²) in [6.07, 6.45) is 0. The number of hydrogen-bond donors (Lipinski definition) is 3. The number of aryl methyl sites for hydroxylation is 1. The Balaban J connectivity index is 0.00000192. The van der Waals surface area contributed by atoms with Gasteiger partial charge in [-0.25, -0.2) is 10.1 Å². The minimum atomic E-state index is -0.390. The van der Waals surface area contributed by atoms with Gasteiger partial charge in [-0.2, -0.15) is 0 Å². The molecule has 2 heterocycles. The van der Waals surface area contributed by atoms with Crippen molar-refractivity contribution in [2.24, 2.45) is 0 Å². The molecule has 2 aromatic heterocycles. The third kappa shape index (κ3) is 4.13. The van der Waals surface area contributed by atoms with Gasteiger partial charge in [0.05, 0.1) is 5.69 Å². The number of nitrogens with one attached hydrogen (secondary N) is 2. The number of carbonyl (C=O) groups excluding carboxylic acids is 1. The summed E-state index contributed by atoms with van der Waals surface area (Å²) < 4.78 is 0. The van der Waals surface area contributed by atoms with Crippen molar-refractivity contribution in [2.45, 2.75) is 6.92 Å². The molecule has 0 fully saturated rings. The van der Waals surface area contributed by atoms with E-state index < -0.39 is 0 Å². The Hall–Kier alpha value is -2.29. The number of pyridine rings is 1. The van der Waals surface area contributed by atoms with E-state index in [9.17, 15) is 4.79 Å². The van der Waals surface area contributed by atoms with E-state index >= 15 is 0 Å². The second-order valence-corrected chi connectivity index (χ2v) is 4.74. The molecular weight excluding hydrogens is 305 g/mol. The van der Waals surface area contributed by atoms with Gasteiger partial charge in [-0.15, -0.1) is 0 Å². The maximum Gasteiger partial charge on any atom is 0.276 e. The van der Waals surface area contributed by atoms with Gasteiger partial charge in [0, 0.05) is 40.8 Å². The van der Waals surface area contributed by atoms with Crippen LogP contribution in [0.5, 0.6) is 0 Å². The SMILES string of the molecule is Cc1cc(C(=O)Nc2nnn[nH]2)nc(-c2ccc(N)cc2)c1.[Na]. The Morgan fingerprint density at radius 2 is 1.96 bits per heavy atom. The molecule has 4 N–H and O–H groups in total. The molecule has 0 atom stereocenters. The summed E-state index contributed by atoms with van der Waals surface area (Å²) in [7, 11) is 0. The molecule has 1 amide bonds. The van der Waals surface area contributed by atoms with Crippen LogP contribution in [0, 0.1) is 6.92 Å². The van der Waals surface area contributed by atoms with Crippen LogP contribution in [0.15, 0.2) is 36.4 Å². The van der Waals surface area contributed by atoms with E-state index in [0.29, 0.717) is 11.4 Å². The van der Waals surface area contributed by atoms with Crippen molar-refractivity contribution in [3.05, 3.63) is 47.7 Å². The minimum Gasteiger partial charge on any atom is -0.399 e. The van der Waals surface area contributed by atoms with Crippen molar-refractivity contribution in [1.29, 1.82) is 0 Å². The number of aromatic nitrogens is 5. The molecule has 8 nitrogen and oxygen atoms in total. The van der Waals surface area contributed by atoms with Crippen molar-refractivity contribution < 1.29 is 4.79 Å². The topological polar surface area (TPSA) is 122 Å². The average Bonchev–Trinajstić information content (AvgIpc) is 3.00. The fourth-order valence-electron chi connectivity index (χ4n) is 1.97. The van der Waals surface area contributed by atoms with Gasteiger partial charge in [-0.05, 0) is 47.2 Å². The van der Waals surface area contributed by atoms with Gasteiger partial charge in [-0.1, -0.05) is 17.2 Å². The van der Waals surface area contributed by atoms with Crippen LogP contribution in [0.25, 0.3) is 11.3 Å². The average molecular weight is 318 g/mol. The Kier molecular flexibility index (Phi) is 5.43. The number of H-pyrrole nitrogens is 1. The van der Waals surface area contributed by atoms with E-state index in [2.05, 4.69) is 30.9 Å². The van der Waals surface area contributed by atoms with Crippen molar-refractivity contribution in [2.75, 3.05) is 11.1 Å². The number of nitrogens with two attached hydrogens (primary N) is 1. The molecule has 0 bridgehead atoms. The van der Waals surface area contributed by atoms with Crippen LogP contribution >= 0.6 is 0 Å². The number of hydrogen-bond acceptors (Lipinski definition) is 6. The van der Waals surface area contributed by atoms with E-state index in [1.54, 1.807) is 18.2 Å². The number of aromatic amines is 1. The quantitative estimate of drug-likeness (QED) is 0.489. The summed E-state index contributed by atoms with van der Waals surface area (Å²) in [6, 6.07) is 10.9. The van der Waals surface area contributed by atoms with Crippen molar-refractivity contribution in [3.63, 3.8) is 0 Å². The zero-order chi connectivity index (χ0) is 15.5. The third-order valence-electron chi connectivity index (χ3n) is 2.99. The molecule has 1 radical (unpaired) electrons. The van der Waals surface area contributed by atoms with Crippen LogP contribution in [-0.4, -0.2) is 61.1 Å². The van der Waals surface area contributed by atoms with Crippen molar-refractivity contribution >= 4 is 47.1 Å². The van der Waals surface area contributed by atoms with Gasteiger partial charge in [0.2, 0.25) is 5.95 Å². The Labute approximate surface area is 154 Å². The monoisotopic (exact) mass is 318 g/mol. The van der Waals surface area contributed by atoms with Crippen LogP contribution in [0.1, 0.15) is 16.1 Å². The fraction of sp³-hybridized carbons (Fsp3) is 0.0714. The van der Waals surface area contributed by atoms with E-state index in [4.69, 9.17) is 5.73 Å². The summed E-state index contributed by atoms with van der Waals surface area (Å²) in [5.41, 5.74) is 9.13. The Morgan fingerprint density at radius 1 is 1.22 bits per heavy atom. The summed E-state index contributed by atoms with van der Waals surface area (Å²) in [6.45, 7) is 1.90. The smallest absolute Gasteiger partial charge is 0.276 e. The first-order chi connectivity index (χ1) is 10.6. The third-order valence-corrected chi connectivity index (χ3v) is 2.99. The molecule has 0 saturated heterocycles. The molecule has 1 aromatic carbocycles. The number of benzene rings is 1. The van der Waals surface area contributed by atoms with Gasteiger partial charge in [-0.3, -0.25) is 10.1 Å². The van der Waals surface area contributed by atoms with Crippen LogP contribution < -0.4 is 11.1 Å². The second kappa shape index (κ2) is 7.32. The first kappa shape index (κ1) is 17.1. The molecule has 9 heteroatoms. The van der Waals surface area contributed by atoms with Crippen molar-refractivity contribution in [3.8, 4) is 11.3 Å². The second-order valence-electron chi connectivity index (χ2n) is 4.74. The predicted octanol–water partition coefficient (Wildman–Crippen LogP) is 1.02. The molecule has 0 aliphatic heterocycles. The summed E-state index contributed by atoms with van der Waals surface area (Å²) >= 11 is 0. The van der Waals surface area contributed by atoms with Gasteiger partial charge in [0.1, 0.15) is 5.69 Å². The van der Waals surface area contributed by atoms with Crippen LogP contribution in [0.4, 0.5) is 11.6 Å². The minimum absolute atomic E-state index is 0. The maximum atomic E-state index is 12.2. The molecule has 3 aromatic rings. The van der Waals surface area contributed by atoms with E-state index in [1.165, 1.54) is 0 Å². The molecule has 0 aliphatic rings. The van der Waals surface area contributed by atoms with E-state index in [0.717, 1.165) is 11.1 Å². The number of nitrogens with zero attached hydrogens (tertiary/aromatic N) is 4. The van der Waals surface area contributed by atoms with E-state index in [-0.39, 0.29) is 47.1 Å². The number of rotatable bonds is 3. The number of anilines is 2. The first-order valence-corrected chi connectivity index (χ1v) is 6.51. The van der Waals surface area contributed by atoms with Crippen LogP contribution in [0.2, 0.25) is 0 Å². The Bertz CT molecular complexity index is 803. The van der Waals surface area contributed by atoms with Gasteiger partial charge in [0.25, 0.3) is 5.91 Å². The molecule has 111 valence electrons. The van der Waals surface area contributed by atoms with Gasteiger partial charge >= 0.3 is 0 Å². The summed E-state index contributed by atoms with van der Waals surface area (Å²) in [4.78, 5) is 16.6. The standard InChI is InChI=1S/C14H13N7O.Na/c1-8-6-11(9-2-4-10(15)5-3-9)16-12(7-8)13(22)17-14-18-20-21-19-14;/h2-7H,15H2,1H3,(H2,17,18,19,20,21,22);. The molecule has 0 unspecified atom stereocenters. The van der Waals surface area contributed by atoms with Crippen molar-refractivity contribution in [1.82, 2.24) is 25.6 Å². The van der Waals surface area contributed by atoms with E-state index in [1.807, 2.05) is 25.1 Å². The zero-order valence-corrected chi connectivity index (χ0v) is 14.7. The fourth-order valence-corrected chi connectivity index (χ4v) is 1.97. The summed E-state index contributed by atoms with van der Waals surface area (Å²) in [5, 5.41) is 15.4. The molecular formula is C14H13N7NaO. The molecule has 3 rings (SSSR count). The van der Waals surface area contributed by atoms with Crippen LogP contribution in [0.3, 0.4) is 0 Å². The Morgan fingerprint density at radius 3 is 2.61 bits per heavy atom. The van der Waals surface area contributed by atoms with Gasteiger partial charge < -0.3 is 5.73 Å². The first-order valence-electron chi connectivity index (χ1n) is 6.51. The van der Waals surface area contributed by atoms with Crippen LogP contribution in [-0.2, 0) is 0 Å². The number of amides is 1. The maximum absolute atomic E-state index is 12.2. The number of nitrogen functional groups attached to an aromatic ring is 1. The molecule has 0 saturated carbocycles. The van der Waals surface area contributed by atoms with Gasteiger partial charge in [0.15, 0.2) is 0 Å². The predicted molar refractivity (Wildman–Crippen MR) is 86.7 cm³/mol. The number of carbonyl (C=O) groups is 1. The summed E-state index contributed by atoms with van der Waals surface area (Å²) in [5.74, 6) is -0.221. The molecule has 0 spiro atoms. The molecule has 0 aliphatic carbocycles. The zero-order valence-electron chi connectivity index (χ0n) is 12.7. The largest absolute Gasteiger partial charge is 0.399 e. The molecule has 23 heavy (non-hydrogen) atoms.